The highest BCUT2D eigenvalue weighted by Gasteiger charge is 2.45. The molecule has 0 fully saturated rings. The smallest absolute Gasteiger partial charge is 0.147 e. The molecule has 0 saturated carbocycles. The summed E-state index contributed by atoms with van der Waals surface area (Å²) in [7, 11) is 0. The Balaban J connectivity index is 1.58. The minimum absolute atomic E-state index is 0.537. The van der Waals surface area contributed by atoms with Gasteiger partial charge in [-0.25, -0.2) is 4.98 Å². The Hall–Kier alpha value is -5.28. The average molecular weight is 512 g/mol. The van der Waals surface area contributed by atoms with Gasteiger partial charge < -0.3 is 0 Å². The molecule has 3 nitrogen and oxygen atoms in total. The summed E-state index contributed by atoms with van der Waals surface area (Å²) < 4.78 is 2.34. The molecule has 0 amide bonds. The molecule has 7 aromatic rings. The van der Waals surface area contributed by atoms with Crippen LogP contribution < -0.4 is 0 Å². The zero-order valence-corrected chi connectivity index (χ0v) is 21.8. The van der Waals surface area contributed by atoms with E-state index in [-0.39, 0.29) is 0 Å². The van der Waals surface area contributed by atoms with Gasteiger partial charge in [0.05, 0.1) is 22.1 Å². The summed E-state index contributed by atoms with van der Waals surface area (Å²) in [6.07, 6.45) is 3.71. The third kappa shape index (κ3) is 3.18. The molecule has 0 bridgehead atoms. The number of nitrogens with zero attached hydrogens (tertiary/aromatic N) is 3. The molecule has 0 unspecified atom stereocenters. The maximum Gasteiger partial charge on any atom is 0.147 e. The molecule has 0 spiro atoms. The molecule has 8 rings (SSSR count). The first-order valence-corrected chi connectivity index (χ1v) is 13.6. The van der Waals surface area contributed by atoms with Crippen LogP contribution in [0, 0.1) is 0 Å². The number of para-hydroxylation sites is 1. The maximum atomic E-state index is 5.21. The number of fused-ring (bicyclic) bond motifs is 2. The van der Waals surface area contributed by atoms with E-state index in [0.717, 1.165) is 28.1 Å². The van der Waals surface area contributed by atoms with Crippen molar-refractivity contribution in [2.24, 2.45) is 0 Å². The molecule has 1 aliphatic heterocycles. The highest BCUT2D eigenvalue weighted by molar-refractivity contribution is 5.93. The largest absolute Gasteiger partial charge is 0.292 e. The molecule has 0 atom stereocenters. The van der Waals surface area contributed by atoms with Gasteiger partial charge in [0.25, 0.3) is 0 Å². The molecule has 0 aliphatic carbocycles. The second kappa shape index (κ2) is 8.89. The fourth-order valence-electron chi connectivity index (χ4n) is 6.50. The Morgan fingerprint density at radius 1 is 0.525 bits per heavy atom. The third-order valence-electron chi connectivity index (χ3n) is 8.16. The topological polar surface area (TPSA) is 30.7 Å². The first-order chi connectivity index (χ1) is 19.9. The summed E-state index contributed by atoms with van der Waals surface area (Å²) in [6.45, 7) is 0. The molecule has 5 aromatic carbocycles. The van der Waals surface area contributed by atoms with Crippen LogP contribution in [0.2, 0.25) is 0 Å². The van der Waals surface area contributed by atoms with Gasteiger partial charge >= 0.3 is 0 Å². The van der Waals surface area contributed by atoms with Crippen LogP contribution in [0.5, 0.6) is 0 Å². The summed E-state index contributed by atoms with van der Waals surface area (Å²) in [6, 6.07) is 50.0. The van der Waals surface area contributed by atoms with Crippen molar-refractivity contribution in [3.05, 3.63) is 174 Å². The number of pyridine rings is 1. The van der Waals surface area contributed by atoms with Gasteiger partial charge in [0.2, 0.25) is 0 Å². The molecule has 40 heavy (non-hydrogen) atoms. The Morgan fingerprint density at radius 3 is 1.88 bits per heavy atom. The Kier molecular flexibility index (Phi) is 5.04. The number of hydrogen-bond donors (Lipinski definition) is 0. The quantitative estimate of drug-likeness (QED) is 0.237. The summed E-state index contributed by atoms with van der Waals surface area (Å²) >= 11 is 0. The Morgan fingerprint density at radius 2 is 1.20 bits per heavy atom. The van der Waals surface area contributed by atoms with Gasteiger partial charge in [0.15, 0.2) is 0 Å². The van der Waals surface area contributed by atoms with E-state index in [1.807, 2.05) is 18.5 Å². The van der Waals surface area contributed by atoms with Crippen LogP contribution in [0.15, 0.2) is 152 Å². The zero-order valence-electron chi connectivity index (χ0n) is 21.8. The predicted molar refractivity (Wildman–Crippen MR) is 162 cm³/mol. The third-order valence-corrected chi connectivity index (χ3v) is 8.16. The van der Waals surface area contributed by atoms with Crippen molar-refractivity contribution in [2.75, 3.05) is 0 Å². The maximum absolute atomic E-state index is 5.21. The van der Waals surface area contributed by atoms with Crippen molar-refractivity contribution < 1.29 is 0 Å². The van der Waals surface area contributed by atoms with Crippen molar-refractivity contribution in [3.63, 3.8) is 0 Å². The summed E-state index contributed by atoms with van der Waals surface area (Å²) in [5, 5.41) is 0. The normalized spacial score (nSPS) is 13.2. The lowest BCUT2D eigenvalue weighted by Gasteiger charge is -2.41. The number of rotatable bonds is 4. The first kappa shape index (κ1) is 22.7. The molecule has 1 aliphatic rings. The lowest BCUT2D eigenvalue weighted by Crippen LogP contribution is -2.35. The van der Waals surface area contributed by atoms with E-state index >= 15 is 0 Å². The molecule has 3 heterocycles. The van der Waals surface area contributed by atoms with Crippen LogP contribution in [-0.2, 0) is 5.41 Å². The van der Waals surface area contributed by atoms with E-state index in [2.05, 4.69) is 143 Å². The van der Waals surface area contributed by atoms with E-state index < -0.39 is 5.41 Å². The SMILES string of the molecule is c1ccc(-c2ccc3c(c2)C(c2ccccc2)(c2ccccc2)c2cccc4nc(-c5cccnc5)n-3c24)cc1. The van der Waals surface area contributed by atoms with Crippen LogP contribution in [0.25, 0.3) is 39.2 Å². The van der Waals surface area contributed by atoms with Crippen LogP contribution in [0.4, 0.5) is 0 Å². The average Bonchev–Trinajstić information content (AvgIpc) is 3.44. The molecule has 3 heteroatoms. The van der Waals surface area contributed by atoms with E-state index in [0.29, 0.717) is 0 Å². The molecule has 2 aromatic heterocycles. The number of aromatic nitrogens is 3. The van der Waals surface area contributed by atoms with Crippen LogP contribution >= 0.6 is 0 Å². The lowest BCUT2D eigenvalue weighted by atomic mass is 9.63. The van der Waals surface area contributed by atoms with Crippen molar-refractivity contribution in [3.8, 4) is 28.2 Å². The molecule has 0 saturated heterocycles. The van der Waals surface area contributed by atoms with E-state index in [9.17, 15) is 0 Å². The molecular weight excluding hydrogens is 486 g/mol. The second-order valence-corrected chi connectivity index (χ2v) is 10.3. The van der Waals surface area contributed by atoms with Crippen molar-refractivity contribution in [2.45, 2.75) is 5.41 Å². The summed E-state index contributed by atoms with van der Waals surface area (Å²) in [5.74, 6) is 0.902. The molecule has 0 N–H and O–H groups in total. The van der Waals surface area contributed by atoms with E-state index in [4.69, 9.17) is 4.98 Å². The second-order valence-electron chi connectivity index (χ2n) is 10.3. The lowest BCUT2D eigenvalue weighted by molar-refractivity contribution is 0.726. The van der Waals surface area contributed by atoms with Gasteiger partial charge in [-0.2, -0.15) is 0 Å². The molecule has 0 radical (unpaired) electrons. The highest BCUT2D eigenvalue weighted by Crippen LogP contribution is 2.54. The first-order valence-electron chi connectivity index (χ1n) is 13.6. The fourth-order valence-corrected chi connectivity index (χ4v) is 6.50. The Labute approximate surface area is 233 Å². The van der Waals surface area contributed by atoms with Crippen LogP contribution in [-0.4, -0.2) is 14.5 Å². The summed E-state index contributed by atoms with van der Waals surface area (Å²) in [5.41, 5.74) is 11.0. The standard InChI is InChI=1S/C37H25N3/c1-4-12-26(13-5-1)27-21-22-34-32(24-27)37(29-15-6-2-7-16-29,30-17-8-3-9-18-30)31-19-10-20-33-35(31)40(34)36(39-33)28-14-11-23-38-25-28/h1-25H. The number of imidazole rings is 1. The van der Waals surface area contributed by atoms with E-state index in [1.54, 1.807) is 0 Å². The Bertz CT molecular complexity index is 1940. The van der Waals surface area contributed by atoms with Crippen molar-refractivity contribution >= 4 is 11.0 Å². The van der Waals surface area contributed by atoms with Gasteiger partial charge in [-0.15, -0.1) is 0 Å². The van der Waals surface area contributed by atoms with Crippen molar-refractivity contribution in [1.29, 1.82) is 0 Å². The summed E-state index contributed by atoms with van der Waals surface area (Å²) in [4.78, 5) is 9.64. The minimum Gasteiger partial charge on any atom is -0.292 e. The van der Waals surface area contributed by atoms with Gasteiger partial charge in [-0.3, -0.25) is 9.55 Å². The number of benzene rings is 5. The van der Waals surface area contributed by atoms with Crippen LogP contribution in [0.3, 0.4) is 0 Å². The van der Waals surface area contributed by atoms with Crippen molar-refractivity contribution in [1.82, 2.24) is 14.5 Å². The molecular formula is C37H25N3. The van der Waals surface area contributed by atoms with Gasteiger partial charge in [-0.1, -0.05) is 109 Å². The highest BCUT2D eigenvalue weighted by atomic mass is 15.1. The molecule has 188 valence electrons. The minimum atomic E-state index is -0.537. The predicted octanol–water partition coefficient (Wildman–Crippen LogP) is 8.45. The zero-order chi connectivity index (χ0) is 26.5. The number of hydrogen-bond acceptors (Lipinski definition) is 2. The van der Waals surface area contributed by atoms with Gasteiger partial charge in [0, 0.05) is 18.0 Å². The van der Waals surface area contributed by atoms with Gasteiger partial charge in [0.1, 0.15) is 5.82 Å². The fraction of sp³-hybridized carbons (Fsp3) is 0.0270. The monoisotopic (exact) mass is 511 g/mol. The van der Waals surface area contributed by atoms with E-state index in [1.165, 1.54) is 33.4 Å². The van der Waals surface area contributed by atoms with Gasteiger partial charge in [-0.05, 0) is 63.7 Å². The van der Waals surface area contributed by atoms with Crippen LogP contribution in [0.1, 0.15) is 22.3 Å².